The van der Waals surface area contributed by atoms with Gasteiger partial charge in [0.1, 0.15) is 5.75 Å². The van der Waals surface area contributed by atoms with E-state index in [0.29, 0.717) is 30.0 Å². The first-order valence-electron chi connectivity index (χ1n) is 5.03. The summed E-state index contributed by atoms with van der Waals surface area (Å²) in [5, 5.41) is 0.939. The highest BCUT2D eigenvalue weighted by molar-refractivity contribution is 7.18. The molecule has 2 aromatic rings. The zero-order valence-electron chi connectivity index (χ0n) is 9.25. The van der Waals surface area contributed by atoms with E-state index in [9.17, 15) is 4.79 Å². The van der Waals surface area contributed by atoms with E-state index in [2.05, 4.69) is 0 Å². The lowest BCUT2D eigenvalue weighted by Crippen LogP contribution is -2.10. The molecule has 0 bridgehead atoms. The second kappa shape index (κ2) is 6.33. The Morgan fingerprint density at radius 3 is 2.37 bits per heavy atom. The summed E-state index contributed by atoms with van der Waals surface area (Å²) in [4.78, 5) is 12.3. The minimum Gasteiger partial charge on any atom is -0.484 e. The van der Waals surface area contributed by atoms with Crippen molar-refractivity contribution in [3.05, 3.63) is 48.5 Å². The highest BCUT2D eigenvalue weighted by Gasteiger charge is 2.12. The average molecular weight is 356 g/mol. The van der Waals surface area contributed by atoms with E-state index < -0.39 is 0 Å². The number of hydrogen-bond acceptors (Lipinski definition) is 3. The van der Waals surface area contributed by atoms with Crippen LogP contribution in [0, 0.1) is 0 Å². The summed E-state index contributed by atoms with van der Waals surface area (Å²) in [6.07, 6.45) is 0. The molecule has 1 aromatic heterocycles. The van der Waals surface area contributed by atoms with Gasteiger partial charge in [-0.1, -0.05) is 46.4 Å². The molecule has 0 aliphatic carbocycles. The van der Waals surface area contributed by atoms with Crippen LogP contribution in [-0.4, -0.2) is 12.4 Å². The van der Waals surface area contributed by atoms with Gasteiger partial charge in [0.15, 0.2) is 6.61 Å². The van der Waals surface area contributed by atoms with Crippen molar-refractivity contribution in [1.82, 2.24) is 0 Å². The summed E-state index contributed by atoms with van der Waals surface area (Å²) in [5.74, 6) is 0.131. The Morgan fingerprint density at radius 2 is 1.74 bits per heavy atom. The number of hydrogen-bond donors (Lipinski definition) is 0. The fourth-order valence-electron chi connectivity index (χ4n) is 1.29. The molecule has 0 spiro atoms. The summed E-state index contributed by atoms with van der Waals surface area (Å²) in [5.41, 5.74) is 0. The molecule has 2 rings (SSSR count). The number of halogens is 4. The van der Waals surface area contributed by atoms with Crippen LogP contribution in [0.5, 0.6) is 5.75 Å². The largest absolute Gasteiger partial charge is 0.484 e. The van der Waals surface area contributed by atoms with Gasteiger partial charge in [-0.25, -0.2) is 0 Å². The molecule has 1 heterocycles. The Labute approximate surface area is 133 Å². The number of carbonyl (C=O) groups is 1. The number of rotatable bonds is 4. The van der Waals surface area contributed by atoms with E-state index in [4.69, 9.17) is 51.1 Å². The molecule has 0 saturated carbocycles. The van der Waals surface area contributed by atoms with Crippen molar-refractivity contribution in [3.63, 3.8) is 0 Å². The monoisotopic (exact) mass is 354 g/mol. The van der Waals surface area contributed by atoms with Crippen LogP contribution < -0.4 is 4.74 Å². The zero-order chi connectivity index (χ0) is 14.0. The number of carbonyl (C=O) groups excluding carboxylic acids is 1. The highest BCUT2D eigenvalue weighted by Crippen LogP contribution is 2.34. The summed E-state index contributed by atoms with van der Waals surface area (Å²) in [6.45, 7) is -0.144. The second-order valence-corrected chi connectivity index (χ2v) is 6.45. The van der Waals surface area contributed by atoms with Gasteiger partial charge in [-0.2, -0.15) is 0 Å². The molecule has 0 aliphatic heterocycles. The molecule has 0 radical (unpaired) electrons. The third-order valence-corrected chi connectivity index (χ3v) is 4.47. The van der Waals surface area contributed by atoms with Crippen molar-refractivity contribution in [2.45, 2.75) is 0 Å². The van der Waals surface area contributed by atoms with E-state index in [0.717, 1.165) is 0 Å². The lowest BCUT2D eigenvalue weighted by Gasteiger charge is -2.08. The van der Waals surface area contributed by atoms with E-state index in [-0.39, 0.29) is 12.4 Å². The Morgan fingerprint density at radius 1 is 1.05 bits per heavy atom. The minimum absolute atomic E-state index is 0.144. The van der Waals surface area contributed by atoms with E-state index >= 15 is 0 Å². The van der Waals surface area contributed by atoms with Crippen LogP contribution in [0.2, 0.25) is 19.4 Å². The minimum atomic E-state index is -0.181. The molecule has 2 nitrogen and oxygen atoms in total. The fourth-order valence-corrected chi connectivity index (χ4v) is 2.85. The van der Waals surface area contributed by atoms with Gasteiger partial charge in [-0.15, -0.1) is 11.3 Å². The van der Waals surface area contributed by atoms with Crippen LogP contribution in [0.1, 0.15) is 9.67 Å². The lowest BCUT2D eigenvalue weighted by molar-refractivity contribution is 0.0925. The second-order valence-electron chi connectivity index (χ2n) is 3.51. The van der Waals surface area contributed by atoms with Gasteiger partial charge in [0.2, 0.25) is 5.78 Å². The highest BCUT2D eigenvalue weighted by atomic mass is 35.5. The van der Waals surface area contributed by atoms with Crippen molar-refractivity contribution in [3.8, 4) is 5.75 Å². The van der Waals surface area contributed by atoms with Crippen LogP contribution in [-0.2, 0) is 0 Å². The third-order valence-electron chi connectivity index (χ3n) is 2.18. The van der Waals surface area contributed by atoms with Crippen molar-refractivity contribution in [1.29, 1.82) is 0 Å². The number of ketones is 1. The molecule has 0 aliphatic rings. The number of benzene rings is 1. The number of thiophene rings is 1. The summed E-state index contributed by atoms with van der Waals surface area (Å²) >= 11 is 24.5. The quantitative estimate of drug-likeness (QED) is 0.525. The standard InChI is InChI=1S/C12H6Cl4O2S/c13-6-3-8(15)10(4-7(6)14)18-5-9(17)11-1-2-12(16)19-11/h1-4H,5H2. The molecule has 0 saturated heterocycles. The van der Waals surface area contributed by atoms with Gasteiger partial charge >= 0.3 is 0 Å². The first-order chi connectivity index (χ1) is 8.97. The van der Waals surface area contributed by atoms with Gasteiger partial charge in [0.05, 0.1) is 24.3 Å². The smallest absolute Gasteiger partial charge is 0.210 e. The normalized spacial score (nSPS) is 10.5. The number of Topliss-reactive ketones (excluding diaryl/α,β-unsaturated/α-hetero) is 1. The summed E-state index contributed by atoms with van der Waals surface area (Å²) < 4.78 is 5.89. The molecule has 0 fully saturated rings. The molecule has 0 atom stereocenters. The Hall–Kier alpha value is -0.450. The fraction of sp³-hybridized carbons (Fsp3) is 0.0833. The molecular weight excluding hydrogens is 350 g/mol. The molecule has 0 unspecified atom stereocenters. The van der Waals surface area contributed by atoms with Gasteiger partial charge in [0, 0.05) is 6.07 Å². The van der Waals surface area contributed by atoms with Gasteiger partial charge in [-0.05, 0) is 18.2 Å². The molecule has 1 aromatic carbocycles. The van der Waals surface area contributed by atoms with Gasteiger partial charge in [-0.3, -0.25) is 4.79 Å². The van der Waals surface area contributed by atoms with Crippen molar-refractivity contribution < 1.29 is 9.53 Å². The molecule has 0 amide bonds. The summed E-state index contributed by atoms with van der Waals surface area (Å²) in [6, 6.07) is 6.24. The van der Waals surface area contributed by atoms with Crippen molar-refractivity contribution >= 4 is 63.5 Å². The maximum Gasteiger partial charge on any atom is 0.210 e. The molecular formula is C12H6Cl4O2S. The predicted molar refractivity (Wildman–Crippen MR) is 80.6 cm³/mol. The van der Waals surface area contributed by atoms with E-state index in [1.807, 2.05) is 0 Å². The summed E-state index contributed by atoms with van der Waals surface area (Å²) in [7, 11) is 0. The SMILES string of the molecule is O=C(COc1cc(Cl)c(Cl)cc1Cl)c1ccc(Cl)s1. The first-order valence-corrected chi connectivity index (χ1v) is 7.36. The number of ether oxygens (including phenoxy) is 1. The lowest BCUT2D eigenvalue weighted by atomic mass is 10.3. The zero-order valence-corrected chi connectivity index (χ0v) is 13.1. The van der Waals surface area contributed by atoms with E-state index in [1.54, 1.807) is 12.1 Å². The van der Waals surface area contributed by atoms with Gasteiger partial charge in [0.25, 0.3) is 0 Å². The van der Waals surface area contributed by atoms with Crippen LogP contribution in [0.4, 0.5) is 0 Å². The Balaban J connectivity index is 2.07. The first kappa shape index (κ1) is 14.9. The Kier molecular flexibility index (Phi) is 4.98. The molecule has 19 heavy (non-hydrogen) atoms. The maximum absolute atomic E-state index is 11.8. The van der Waals surface area contributed by atoms with Crippen molar-refractivity contribution in [2.75, 3.05) is 6.61 Å². The maximum atomic E-state index is 11.8. The van der Waals surface area contributed by atoms with Crippen LogP contribution in [0.15, 0.2) is 24.3 Å². The van der Waals surface area contributed by atoms with Gasteiger partial charge < -0.3 is 4.74 Å². The molecule has 7 heteroatoms. The van der Waals surface area contributed by atoms with Crippen LogP contribution in [0.25, 0.3) is 0 Å². The third kappa shape index (κ3) is 3.77. The van der Waals surface area contributed by atoms with Crippen molar-refractivity contribution in [2.24, 2.45) is 0 Å². The molecule has 0 N–H and O–H groups in total. The topological polar surface area (TPSA) is 26.3 Å². The van der Waals surface area contributed by atoms with Crippen LogP contribution in [0.3, 0.4) is 0 Å². The molecule has 100 valence electrons. The van der Waals surface area contributed by atoms with E-state index in [1.165, 1.54) is 23.5 Å². The average Bonchev–Trinajstić information content (AvgIpc) is 2.78. The Bertz CT molecular complexity index is 624. The predicted octanol–water partition coefficient (Wildman–Crippen LogP) is 5.62. The van der Waals surface area contributed by atoms with Crippen LogP contribution >= 0.6 is 57.7 Å².